The first-order valence-electron chi connectivity index (χ1n) is 7.68. The van der Waals surface area contributed by atoms with E-state index in [4.69, 9.17) is 9.47 Å². The van der Waals surface area contributed by atoms with Crippen molar-refractivity contribution in [1.82, 2.24) is 10.6 Å². The lowest BCUT2D eigenvalue weighted by molar-refractivity contribution is -0.119. The van der Waals surface area contributed by atoms with Crippen LogP contribution in [0, 0.1) is 0 Å². The molecule has 7 nitrogen and oxygen atoms in total. The number of rotatable bonds is 8. The van der Waals surface area contributed by atoms with E-state index in [0.717, 1.165) is 12.1 Å². The molecule has 24 heavy (non-hydrogen) atoms. The fourth-order valence-electron chi connectivity index (χ4n) is 1.83. The summed E-state index contributed by atoms with van der Waals surface area (Å²) in [5.41, 5.74) is 0.788. The number of benzene rings is 1. The van der Waals surface area contributed by atoms with Gasteiger partial charge in [-0.25, -0.2) is 4.99 Å². The molecule has 3 N–H and O–H groups in total. The third-order valence-electron chi connectivity index (χ3n) is 2.94. The maximum atomic E-state index is 11.6. The van der Waals surface area contributed by atoms with Crippen LogP contribution in [0.5, 0.6) is 11.5 Å². The molecule has 0 bridgehead atoms. The molecule has 1 rings (SSSR count). The predicted octanol–water partition coefficient (Wildman–Crippen LogP) is 2.23. The molecule has 0 fully saturated rings. The van der Waals surface area contributed by atoms with E-state index in [0.29, 0.717) is 30.5 Å². The van der Waals surface area contributed by atoms with Crippen molar-refractivity contribution < 1.29 is 14.3 Å². The van der Waals surface area contributed by atoms with Crippen LogP contribution in [0.1, 0.15) is 20.3 Å². The summed E-state index contributed by atoms with van der Waals surface area (Å²) in [6.45, 7) is 5.39. The number of carbonyl (C=O) groups is 1. The zero-order valence-electron chi connectivity index (χ0n) is 14.6. The third kappa shape index (κ3) is 7.71. The summed E-state index contributed by atoms with van der Waals surface area (Å²) in [6, 6.07) is 5.47. The first-order valence-corrected chi connectivity index (χ1v) is 7.68. The van der Waals surface area contributed by atoms with E-state index < -0.39 is 0 Å². The minimum Gasteiger partial charge on any atom is -0.493 e. The van der Waals surface area contributed by atoms with Gasteiger partial charge in [0.15, 0.2) is 17.5 Å². The van der Waals surface area contributed by atoms with Crippen molar-refractivity contribution >= 4 is 41.5 Å². The molecule has 136 valence electrons. The van der Waals surface area contributed by atoms with Crippen LogP contribution < -0.4 is 25.4 Å². The fourth-order valence-corrected chi connectivity index (χ4v) is 1.83. The molecule has 0 aliphatic rings. The highest BCUT2D eigenvalue weighted by molar-refractivity contribution is 14.0. The number of anilines is 1. The van der Waals surface area contributed by atoms with Crippen LogP contribution in [0.3, 0.4) is 0 Å². The summed E-state index contributed by atoms with van der Waals surface area (Å²) in [5, 5.41) is 9.03. The first-order chi connectivity index (χ1) is 11.1. The topological polar surface area (TPSA) is 84.0 Å². The van der Waals surface area contributed by atoms with Gasteiger partial charge in [0.2, 0.25) is 5.91 Å². The van der Waals surface area contributed by atoms with Crippen molar-refractivity contribution in [1.29, 1.82) is 0 Å². The zero-order chi connectivity index (χ0) is 17.1. The van der Waals surface area contributed by atoms with Gasteiger partial charge in [-0.1, -0.05) is 6.92 Å². The highest BCUT2D eigenvalue weighted by Crippen LogP contribution is 2.29. The number of methoxy groups -OCH3 is 2. The Balaban J connectivity index is 0.00000529. The van der Waals surface area contributed by atoms with E-state index in [1.165, 1.54) is 0 Å². The minimum absolute atomic E-state index is 0. The SMILES string of the molecule is CCCNC(=O)CN=C(NCC)Nc1ccc(OC)c(OC)c1.I. The average Bonchev–Trinajstić information content (AvgIpc) is 2.57. The van der Waals surface area contributed by atoms with Gasteiger partial charge in [0.05, 0.1) is 14.2 Å². The number of amides is 1. The molecule has 0 radical (unpaired) electrons. The first kappa shape index (κ1) is 22.3. The van der Waals surface area contributed by atoms with Gasteiger partial charge in [-0.3, -0.25) is 4.79 Å². The Morgan fingerprint density at radius 1 is 1.12 bits per heavy atom. The van der Waals surface area contributed by atoms with Gasteiger partial charge in [0.25, 0.3) is 0 Å². The third-order valence-corrected chi connectivity index (χ3v) is 2.94. The Kier molecular flexibility index (Phi) is 11.8. The number of hydrogen-bond donors (Lipinski definition) is 3. The Hall–Kier alpha value is -1.71. The molecule has 0 aromatic heterocycles. The molecule has 0 heterocycles. The minimum atomic E-state index is -0.101. The molecule has 8 heteroatoms. The number of hydrogen-bond acceptors (Lipinski definition) is 4. The van der Waals surface area contributed by atoms with Gasteiger partial charge in [0, 0.05) is 24.8 Å². The summed E-state index contributed by atoms with van der Waals surface area (Å²) in [4.78, 5) is 15.9. The fraction of sp³-hybridized carbons (Fsp3) is 0.500. The molecular formula is C16H27IN4O3. The predicted molar refractivity (Wildman–Crippen MR) is 108 cm³/mol. The van der Waals surface area contributed by atoms with Gasteiger partial charge >= 0.3 is 0 Å². The van der Waals surface area contributed by atoms with E-state index in [1.54, 1.807) is 20.3 Å². The molecule has 0 saturated heterocycles. The van der Waals surface area contributed by atoms with Crippen LogP contribution in [0.4, 0.5) is 5.69 Å². The quantitative estimate of drug-likeness (QED) is 0.322. The van der Waals surface area contributed by atoms with E-state index in [9.17, 15) is 4.79 Å². The van der Waals surface area contributed by atoms with Crippen LogP contribution in [0.25, 0.3) is 0 Å². The number of aliphatic imine (C=N–C) groups is 1. The number of nitrogens with zero attached hydrogens (tertiary/aromatic N) is 1. The van der Waals surface area contributed by atoms with E-state index in [1.807, 2.05) is 26.0 Å². The second kappa shape index (κ2) is 12.7. The van der Waals surface area contributed by atoms with Gasteiger partial charge in [-0.15, -0.1) is 24.0 Å². The number of ether oxygens (including phenoxy) is 2. The van der Waals surface area contributed by atoms with E-state index >= 15 is 0 Å². The van der Waals surface area contributed by atoms with Crippen LogP contribution in [0.2, 0.25) is 0 Å². The summed E-state index contributed by atoms with van der Waals surface area (Å²) in [6.07, 6.45) is 0.902. The van der Waals surface area contributed by atoms with Crippen molar-refractivity contribution in [2.45, 2.75) is 20.3 Å². The highest BCUT2D eigenvalue weighted by atomic mass is 127. The molecule has 0 saturated carbocycles. The molecule has 1 amide bonds. The van der Waals surface area contributed by atoms with Crippen molar-refractivity contribution in [2.24, 2.45) is 4.99 Å². The largest absolute Gasteiger partial charge is 0.493 e. The monoisotopic (exact) mass is 450 g/mol. The Bertz CT molecular complexity index is 538. The molecule has 1 aromatic rings. The average molecular weight is 450 g/mol. The number of halogens is 1. The van der Waals surface area contributed by atoms with E-state index in [-0.39, 0.29) is 36.4 Å². The van der Waals surface area contributed by atoms with Gasteiger partial charge in [-0.2, -0.15) is 0 Å². The molecule has 0 unspecified atom stereocenters. The van der Waals surface area contributed by atoms with E-state index in [2.05, 4.69) is 20.9 Å². The zero-order valence-corrected chi connectivity index (χ0v) is 17.0. The second-order valence-corrected chi connectivity index (χ2v) is 4.74. The molecule has 0 aliphatic carbocycles. The summed E-state index contributed by atoms with van der Waals surface area (Å²) < 4.78 is 10.5. The van der Waals surface area contributed by atoms with Crippen molar-refractivity contribution in [3.63, 3.8) is 0 Å². The number of carbonyl (C=O) groups excluding carboxylic acids is 1. The Labute approximate surface area is 160 Å². The van der Waals surface area contributed by atoms with Gasteiger partial charge < -0.3 is 25.4 Å². The lowest BCUT2D eigenvalue weighted by atomic mass is 10.3. The standard InChI is InChI=1S/C16H26N4O3.HI/c1-5-9-18-15(21)11-19-16(17-6-2)20-12-7-8-13(22-3)14(10-12)23-4;/h7-8,10H,5-6,9,11H2,1-4H3,(H,18,21)(H2,17,19,20);1H. The Morgan fingerprint density at radius 3 is 2.42 bits per heavy atom. The number of guanidine groups is 1. The van der Waals surface area contributed by atoms with Gasteiger partial charge in [-0.05, 0) is 25.5 Å². The summed E-state index contributed by atoms with van der Waals surface area (Å²) in [7, 11) is 3.17. The van der Waals surface area contributed by atoms with Crippen LogP contribution in [0.15, 0.2) is 23.2 Å². The van der Waals surface area contributed by atoms with Crippen LogP contribution >= 0.6 is 24.0 Å². The maximum Gasteiger partial charge on any atom is 0.241 e. The normalized spacial score (nSPS) is 10.4. The highest BCUT2D eigenvalue weighted by Gasteiger charge is 2.07. The van der Waals surface area contributed by atoms with Gasteiger partial charge in [0.1, 0.15) is 6.54 Å². The smallest absolute Gasteiger partial charge is 0.241 e. The lowest BCUT2D eigenvalue weighted by Gasteiger charge is -2.13. The summed E-state index contributed by atoms with van der Waals surface area (Å²) in [5.74, 6) is 1.70. The van der Waals surface area contributed by atoms with Crippen LogP contribution in [-0.2, 0) is 4.79 Å². The van der Waals surface area contributed by atoms with Crippen molar-refractivity contribution in [2.75, 3.05) is 39.2 Å². The molecular weight excluding hydrogens is 423 g/mol. The Morgan fingerprint density at radius 2 is 1.83 bits per heavy atom. The molecule has 1 aromatic carbocycles. The lowest BCUT2D eigenvalue weighted by Crippen LogP contribution is -2.33. The maximum absolute atomic E-state index is 11.6. The molecule has 0 aliphatic heterocycles. The van der Waals surface area contributed by atoms with Crippen molar-refractivity contribution in [3.05, 3.63) is 18.2 Å². The molecule has 0 spiro atoms. The summed E-state index contributed by atoms with van der Waals surface area (Å²) >= 11 is 0. The number of nitrogens with one attached hydrogen (secondary N) is 3. The van der Waals surface area contributed by atoms with Crippen LogP contribution in [-0.4, -0.2) is 45.7 Å². The second-order valence-electron chi connectivity index (χ2n) is 4.74. The molecule has 0 atom stereocenters. The van der Waals surface area contributed by atoms with Crippen molar-refractivity contribution in [3.8, 4) is 11.5 Å².